The summed E-state index contributed by atoms with van der Waals surface area (Å²) in [5.74, 6) is 2.55. The summed E-state index contributed by atoms with van der Waals surface area (Å²) in [6.45, 7) is 1.63. The second kappa shape index (κ2) is 7.48. The van der Waals surface area contributed by atoms with Gasteiger partial charge in [-0.1, -0.05) is 35.3 Å². The summed E-state index contributed by atoms with van der Waals surface area (Å²) >= 11 is 12.4. The molecule has 5 nitrogen and oxygen atoms in total. The van der Waals surface area contributed by atoms with E-state index in [2.05, 4.69) is 10.3 Å². The largest absolute Gasteiger partial charge is 0.490 e. The van der Waals surface area contributed by atoms with Gasteiger partial charge in [0.25, 0.3) is 0 Å². The van der Waals surface area contributed by atoms with Crippen LogP contribution < -0.4 is 14.8 Å². The third-order valence-electron chi connectivity index (χ3n) is 3.93. The second-order valence-corrected chi connectivity index (χ2v) is 6.66. The summed E-state index contributed by atoms with van der Waals surface area (Å²) in [5, 5.41) is 4.43. The Labute approximate surface area is 160 Å². The van der Waals surface area contributed by atoms with Gasteiger partial charge in [0.15, 0.2) is 17.3 Å². The molecule has 0 fully saturated rings. The van der Waals surface area contributed by atoms with E-state index in [0.717, 1.165) is 17.7 Å². The summed E-state index contributed by atoms with van der Waals surface area (Å²) < 4.78 is 17.1. The maximum absolute atomic E-state index is 6.34. The van der Waals surface area contributed by atoms with Crippen LogP contribution in [-0.2, 0) is 6.54 Å². The zero-order valence-corrected chi connectivity index (χ0v) is 15.3. The normalized spacial score (nSPS) is 13.3. The molecule has 4 rings (SSSR count). The lowest BCUT2D eigenvalue weighted by Crippen LogP contribution is -2.01. The first-order chi connectivity index (χ1) is 12.7. The maximum Gasteiger partial charge on any atom is 0.214 e. The molecule has 0 saturated carbocycles. The van der Waals surface area contributed by atoms with E-state index in [0.29, 0.717) is 53.0 Å². The third kappa shape index (κ3) is 3.74. The van der Waals surface area contributed by atoms with Crippen molar-refractivity contribution in [3.05, 3.63) is 58.5 Å². The van der Waals surface area contributed by atoms with Crippen LogP contribution in [-0.4, -0.2) is 18.2 Å². The number of ether oxygens (including phenoxy) is 2. The van der Waals surface area contributed by atoms with Gasteiger partial charge < -0.3 is 19.2 Å². The first kappa shape index (κ1) is 17.1. The van der Waals surface area contributed by atoms with Crippen molar-refractivity contribution < 1.29 is 13.9 Å². The van der Waals surface area contributed by atoms with Crippen molar-refractivity contribution in [1.82, 2.24) is 4.98 Å². The monoisotopic (exact) mass is 390 g/mol. The minimum absolute atomic E-state index is 0.389. The number of hydrogen-bond donors (Lipinski definition) is 1. The van der Waals surface area contributed by atoms with Crippen molar-refractivity contribution in [1.29, 1.82) is 0 Å². The van der Waals surface area contributed by atoms with E-state index < -0.39 is 0 Å². The van der Waals surface area contributed by atoms with Crippen LogP contribution in [0.2, 0.25) is 10.0 Å². The Morgan fingerprint density at radius 1 is 1.04 bits per heavy atom. The molecule has 0 amide bonds. The highest BCUT2D eigenvalue weighted by molar-refractivity contribution is 6.33. The Hall–Kier alpha value is -2.37. The number of fused-ring (bicyclic) bond motifs is 1. The zero-order valence-electron chi connectivity index (χ0n) is 13.8. The minimum atomic E-state index is 0.389. The molecule has 3 aromatic rings. The van der Waals surface area contributed by atoms with Gasteiger partial charge in [-0.05, 0) is 12.1 Å². The van der Waals surface area contributed by atoms with E-state index in [1.165, 1.54) is 0 Å². The molecule has 7 heteroatoms. The van der Waals surface area contributed by atoms with E-state index >= 15 is 0 Å². The van der Waals surface area contributed by atoms with E-state index in [-0.39, 0.29) is 0 Å². The lowest BCUT2D eigenvalue weighted by atomic mass is 10.2. The molecule has 0 saturated heterocycles. The molecule has 26 heavy (non-hydrogen) atoms. The summed E-state index contributed by atoms with van der Waals surface area (Å²) in [6, 6.07) is 11.0. The molecular formula is C19H16Cl2N2O3. The maximum atomic E-state index is 6.34. The fourth-order valence-corrected chi connectivity index (χ4v) is 3.07. The molecule has 0 spiro atoms. The molecule has 2 heterocycles. The highest BCUT2D eigenvalue weighted by Crippen LogP contribution is 2.37. The van der Waals surface area contributed by atoms with Crippen LogP contribution in [0.3, 0.4) is 0 Å². The Balaban J connectivity index is 1.49. The predicted octanol–water partition coefficient (Wildman–Crippen LogP) is 5.42. The van der Waals surface area contributed by atoms with Crippen LogP contribution in [0.1, 0.15) is 12.3 Å². The van der Waals surface area contributed by atoms with Crippen molar-refractivity contribution in [2.24, 2.45) is 0 Å². The van der Waals surface area contributed by atoms with Gasteiger partial charge in [0.05, 0.1) is 36.7 Å². The van der Waals surface area contributed by atoms with Gasteiger partial charge in [0.1, 0.15) is 0 Å². The van der Waals surface area contributed by atoms with Crippen molar-refractivity contribution in [3.8, 4) is 22.8 Å². The average Bonchev–Trinajstić information content (AvgIpc) is 2.99. The van der Waals surface area contributed by atoms with Crippen molar-refractivity contribution >= 4 is 28.9 Å². The minimum Gasteiger partial charge on any atom is -0.490 e. The Bertz CT molecular complexity index is 927. The number of hydrogen-bond acceptors (Lipinski definition) is 5. The van der Waals surface area contributed by atoms with Crippen molar-refractivity contribution in [2.75, 3.05) is 18.5 Å². The zero-order chi connectivity index (χ0) is 17.9. The second-order valence-electron chi connectivity index (χ2n) is 5.81. The molecule has 0 unspecified atom stereocenters. The van der Waals surface area contributed by atoms with Crippen molar-refractivity contribution in [2.45, 2.75) is 13.0 Å². The molecule has 1 aromatic heterocycles. The molecule has 0 aliphatic carbocycles. The molecule has 0 radical (unpaired) electrons. The number of halogens is 2. The Morgan fingerprint density at radius 3 is 2.65 bits per heavy atom. The quantitative estimate of drug-likeness (QED) is 0.644. The first-order valence-electron chi connectivity index (χ1n) is 8.23. The van der Waals surface area contributed by atoms with Gasteiger partial charge in [-0.15, -0.1) is 0 Å². The van der Waals surface area contributed by atoms with Crippen LogP contribution in [0, 0.1) is 0 Å². The van der Waals surface area contributed by atoms with E-state index in [1.54, 1.807) is 12.3 Å². The molecule has 0 bridgehead atoms. The van der Waals surface area contributed by atoms with Crippen LogP contribution in [0.25, 0.3) is 11.3 Å². The Morgan fingerprint density at radius 2 is 1.85 bits per heavy atom. The molecular weight excluding hydrogens is 375 g/mol. The van der Waals surface area contributed by atoms with Gasteiger partial charge in [-0.25, -0.2) is 4.98 Å². The van der Waals surface area contributed by atoms with Gasteiger partial charge in [-0.3, -0.25) is 0 Å². The molecule has 0 atom stereocenters. The van der Waals surface area contributed by atoms with Gasteiger partial charge in [-0.2, -0.15) is 0 Å². The number of rotatable bonds is 4. The van der Waals surface area contributed by atoms with E-state index in [1.807, 2.05) is 30.3 Å². The van der Waals surface area contributed by atoms with Crippen LogP contribution in [0.15, 0.2) is 47.0 Å². The SMILES string of the molecule is Clc1cccc(-c2cnc(CNc3cc4c(cc3Cl)OCCCO4)o2)c1. The predicted molar refractivity (Wildman–Crippen MR) is 101 cm³/mol. The highest BCUT2D eigenvalue weighted by atomic mass is 35.5. The summed E-state index contributed by atoms with van der Waals surface area (Å²) in [4.78, 5) is 4.30. The smallest absolute Gasteiger partial charge is 0.214 e. The standard InChI is InChI=1S/C19H16Cl2N2O3/c20-13-4-1-3-12(7-13)18-10-23-19(26-18)11-22-15-9-17-16(8-14(15)21)24-5-2-6-25-17/h1,3-4,7-10,22H,2,5-6,11H2. The molecule has 2 aromatic carbocycles. The molecule has 1 N–H and O–H groups in total. The van der Waals surface area contributed by atoms with E-state index in [9.17, 15) is 0 Å². The van der Waals surface area contributed by atoms with Gasteiger partial charge in [0.2, 0.25) is 5.89 Å². The fraction of sp³-hybridized carbons (Fsp3) is 0.211. The average molecular weight is 391 g/mol. The van der Waals surface area contributed by atoms with Crippen molar-refractivity contribution in [3.63, 3.8) is 0 Å². The van der Waals surface area contributed by atoms with Crippen LogP contribution >= 0.6 is 23.2 Å². The van der Waals surface area contributed by atoms with Crippen LogP contribution in [0.4, 0.5) is 5.69 Å². The summed E-state index contributed by atoms with van der Waals surface area (Å²) in [7, 11) is 0. The Kier molecular flexibility index (Phi) is 4.91. The lowest BCUT2D eigenvalue weighted by Gasteiger charge is -2.12. The number of nitrogens with one attached hydrogen (secondary N) is 1. The number of oxazole rings is 1. The van der Waals surface area contributed by atoms with Crippen LogP contribution in [0.5, 0.6) is 11.5 Å². The lowest BCUT2D eigenvalue weighted by molar-refractivity contribution is 0.297. The third-order valence-corrected chi connectivity index (χ3v) is 4.48. The number of aromatic nitrogens is 1. The number of nitrogens with zero attached hydrogens (tertiary/aromatic N) is 1. The molecule has 1 aliphatic heterocycles. The van der Waals surface area contributed by atoms with Gasteiger partial charge >= 0.3 is 0 Å². The highest BCUT2D eigenvalue weighted by Gasteiger charge is 2.15. The first-order valence-corrected chi connectivity index (χ1v) is 8.98. The topological polar surface area (TPSA) is 56.5 Å². The van der Waals surface area contributed by atoms with E-state index in [4.69, 9.17) is 37.1 Å². The number of benzene rings is 2. The summed E-state index contributed by atoms with van der Waals surface area (Å²) in [6.07, 6.45) is 2.52. The number of anilines is 1. The summed E-state index contributed by atoms with van der Waals surface area (Å²) in [5.41, 5.74) is 1.61. The molecule has 134 valence electrons. The van der Waals surface area contributed by atoms with Gasteiger partial charge in [0, 0.05) is 29.1 Å². The molecule has 1 aliphatic rings. The fourth-order valence-electron chi connectivity index (χ4n) is 2.66.